The van der Waals surface area contributed by atoms with Crippen LogP contribution in [0.2, 0.25) is 0 Å². The molecule has 0 saturated carbocycles. The van der Waals surface area contributed by atoms with E-state index in [1.165, 1.54) is 18.2 Å². The van der Waals surface area contributed by atoms with Gasteiger partial charge in [-0.15, -0.1) is 0 Å². The van der Waals surface area contributed by atoms with E-state index < -0.39 is 4.92 Å². The van der Waals surface area contributed by atoms with Gasteiger partial charge in [0.05, 0.1) is 10.6 Å². The second-order valence-electron chi connectivity index (χ2n) is 3.31. The van der Waals surface area contributed by atoms with Crippen LogP contribution in [0.15, 0.2) is 24.3 Å². The molecule has 0 atom stereocenters. The minimum atomic E-state index is -0.515. The monoisotopic (exact) mass is 239 g/mol. The number of nitrogens with one attached hydrogen (secondary N) is 2. The number of amides is 1. The predicted octanol–water partition coefficient (Wildman–Crippen LogP) is 0.810. The summed E-state index contributed by atoms with van der Waals surface area (Å²) in [5.41, 5.74) is 5.31. The zero-order valence-corrected chi connectivity index (χ0v) is 9.05. The molecule has 0 aliphatic rings. The van der Waals surface area contributed by atoms with Crippen LogP contribution >= 0.6 is 0 Å². The van der Waals surface area contributed by atoms with Crippen LogP contribution in [0, 0.1) is 10.1 Å². The lowest BCUT2D eigenvalue weighted by atomic mass is 10.3. The summed E-state index contributed by atoms with van der Waals surface area (Å²) >= 11 is 0. The first-order chi connectivity index (χ1) is 8.13. The Balaban J connectivity index is 2.49. The summed E-state index contributed by atoms with van der Waals surface area (Å²) in [5, 5.41) is 19.0. The molecular weight excluding hydrogens is 226 g/mol. The number of nitro benzene ring substituents is 1. The maximum Gasteiger partial charge on any atom is 0.271 e. The molecule has 0 bridgehead atoms. The molecule has 1 rings (SSSR count). The van der Waals surface area contributed by atoms with Gasteiger partial charge >= 0.3 is 0 Å². The third-order valence-corrected chi connectivity index (χ3v) is 1.97. The van der Waals surface area contributed by atoms with Crippen LogP contribution in [-0.4, -0.2) is 22.5 Å². The Morgan fingerprint density at radius 3 is 2.88 bits per heavy atom. The summed E-state index contributed by atoms with van der Waals surface area (Å²) in [7, 11) is 0. The van der Waals surface area contributed by atoms with Crippen LogP contribution in [0.4, 0.5) is 11.4 Å². The molecule has 17 heavy (non-hydrogen) atoms. The van der Waals surface area contributed by atoms with Gasteiger partial charge in [0.1, 0.15) is 0 Å². The summed E-state index contributed by atoms with van der Waals surface area (Å²) in [6.07, 6.45) is 0.570. The molecule has 0 heterocycles. The van der Waals surface area contributed by atoms with Crippen LogP contribution in [0.5, 0.6) is 0 Å². The summed E-state index contributed by atoms with van der Waals surface area (Å²) in [6, 6.07) is 5.78. The molecule has 1 aromatic rings. The SMILES string of the molecule is O=C(CCCO)NNc1cccc([N+](=O)[O-])c1. The maximum atomic E-state index is 11.2. The van der Waals surface area contributed by atoms with Crippen molar-refractivity contribution in [3.63, 3.8) is 0 Å². The zero-order valence-electron chi connectivity index (χ0n) is 9.05. The lowest BCUT2D eigenvalue weighted by Crippen LogP contribution is -2.29. The molecular formula is C10H13N3O4. The van der Waals surface area contributed by atoms with E-state index in [0.717, 1.165) is 0 Å². The molecule has 7 heteroatoms. The Morgan fingerprint density at radius 1 is 1.47 bits per heavy atom. The molecule has 92 valence electrons. The highest BCUT2D eigenvalue weighted by Crippen LogP contribution is 2.16. The Bertz CT molecular complexity index is 408. The quantitative estimate of drug-likeness (QED) is 0.503. The van der Waals surface area contributed by atoms with Crippen molar-refractivity contribution in [1.82, 2.24) is 5.43 Å². The average molecular weight is 239 g/mol. The molecule has 0 aliphatic carbocycles. The van der Waals surface area contributed by atoms with Gasteiger partial charge in [-0.1, -0.05) is 6.07 Å². The third-order valence-electron chi connectivity index (χ3n) is 1.97. The Morgan fingerprint density at radius 2 is 2.24 bits per heavy atom. The molecule has 1 amide bonds. The Labute approximate surface area is 97.6 Å². The van der Waals surface area contributed by atoms with Crippen LogP contribution in [0.1, 0.15) is 12.8 Å². The number of aliphatic hydroxyl groups excluding tert-OH is 1. The minimum Gasteiger partial charge on any atom is -0.396 e. The normalized spacial score (nSPS) is 9.71. The summed E-state index contributed by atoms with van der Waals surface area (Å²) in [6.45, 7) is -0.0514. The van der Waals surface area contributed by atoms with Crippen molar-refractivity contribution < 1.29 is 14.8 Å². The van der Waals surface area contributed by atoms with Crippen molar-refractivity contribution in [1.29, 1.82) is 0 Å². The molecule has 0 fully saturated rings. The second-order valence-corrected chi connectivity index (χ2v) is 3.31. The van der Waals surface area contributed by atoms with Crippen LogP contribution in [0.25, 0.3) is 0 Å². The topological polar surface area (TPSA) is 104 Å². The lowest BCUT2D eigenvalue weighted by molar-refractivity contribution is -0.384. The summed E-state index contributed by atoms with van der Waals surface area (Å²) in [4.78, 5) is 21.2. The highest BCUT2D eigenvalue weighted by Gasteiger charge is 2.06. The number of nitrogens with zero attached hydrogens (tertiary/aromatic N) is 1. The first kappa shape index (κ1) is 12.9. The number of hydrazine groups is 1. The maximum absolute atomic E-state index is 11.2. The van der Waals surface area contributed by atoms with Crippen molar-refractivity contribution in [3.8, 4) is 0 Å². The first-order valence-corrected chi connectivity index (χ1v) is 5.03. The van der Waals surface area contributed by atoms with Crippen LogP contribution in [0.3, 0.4) is 0 Å². The standard InChI is InChI=1S/C10H13N3O4/c14-6-2-5-10(15)12-11-8-3-1-4-9(7-8)13(16)17/h1,3-4,7,11,14H,2,5-6H2,(H,12,15). The number of non-ortho nitro benzene ring substituents is 1. The van der Waals surface area contributed by atoms with E-state index in [0.29, 0.717) is 12.1 Å². The van der Waals surface area contributed by atoms with Gasteiger partial charge in [-0.05, 0) is 12.5 Å². The molecule has 0 unspecified atom stereocenters. The number of aliphatic hydroxyl groups is 1. The molecule has 1 aromatic carbocycles. The smallest absolute Gasteiger partial charge is 0.271 e. The fraction of sp³-hybridized carbons (Fsp3) is 0.300. The van der Waals surface area contributed by atoms with Gasteiger partial charge in [0.15, 0.2) is 0 Å². The minimum absolute atomic E-state index is 0.0514. The van der Waals surface area contributed by atoms with E-state index in [-0.39, 0.29) is 24.6 Å². The molecule has 7 nitrogen and oxygen atoms in total. The fourth-order valence-electron chi connectivity index (χ4n) is 1.14. The molecule has 0 saturated heterocycles. The van der Waals surface area contributed by atoms with Crippen molar-refractivity contribution in [2.24, 2.45) is 0 Å². The predicted molar refractivity (Wildman–Crippen MR) is 61.2 cm³/mol. The van der Waals surface area contributed by atoms with Gasteiger partial charge in [-0.2, -0.15) is 0 Å². The third kappa shape index (κ3) is 4.47. The van der Waals surface area contributed by atoms with Crippen molar-refractivity contribution in [2.45, 2.75) is 12.8 Å². The van der Waals surface area contributed by atoms with Gasteiger partial charge in [-0.3, -0.25) is 25.8 Å². The number of rotatable bonds is 6. The number of carbonyl (C=O) groups excluding carboxylic acids is 1. The van der Waals surface area contributed by atoms with Crippen molar-refractivity contribution in [3.05, 3.63) is 34.4 Å². The molecule has 0 radical (unpaired) electrons. The number of benzene rings is 1. The van der Waals surface area contributed by atoms with Crippen molar-refractivity contribution >= 4 is 17.3 Å². The van der Waals surface area contributed by atoms with Crippen molar-refractivity contribution in [2.75, 3.05) is 12.0 Å². The van der Waals surface area contributed by atoms with E-state index in [4.69, 9.17) is 5.11 Å². The van der Waals surface area contributed by atoms with Gasteiger partial charge in [0.25, 0.3) is 5.69 Å². The summed E-state index contributed by atoms with van der Waals surface area (Å²) in [5.74, 6) is -0.287. The van der Waals surface area contributed by atoms with Crippen LogP contribution in [-0.2, 0) is 4.79 Å². The Hall–Kier alpha value is -2.15. The zero-order chi connectivity index (χ0) is 12.7. The van der Waals surface area contributed by atoms with E-state index in [2.05, 4.69) is 10.9 Å². The van der Waals surface area contributed by atoms with Gasteiger partial charge in [0.2, 0.25) is 5.91 Å². The average Bonchev–Trinajstić information content (AvgIpc) is 2.34. The highest BCUT2D eigenvalue weighted by atomic mass is 16.6. The highest BCUT2D eigenvalue weighted by molar-refractivity contribution is 5.77. The van der Waals surface area contributed by atoms with Gasteiger partial charge in [0, 0.05) is 25.2 Å². The first-order valence-electron chi connectivity index (χ1n) is 5.03. The van der Waals surface area contributed by atoms with E-state index in [1.54, 1.807) is 6.07 Å². The Kier molecular flexibility index (Phi) is 4.89. The van der Waals surface area contributed by atoms with Gasteiger partial charge in [-0.25, -0.2) is 0 Å². The molecule has 3 N–H and O–H groups in total. The lowest BCUT2D eigenvalue weighted by Gasteiger charge is -2.07. The number of hydrogen-bond acceptors (Lipinski definition) is 5. The number of hydrogen-bond donors (Lipinski definition) is 3. The number of anilines is 1. The van der Waals surface area contributed by atoms with E-state index >= 15 is 0 Å². The second kappa shape index (κ2) is 6.44. The van der Waals surface area contributed by atoms with Gasteiger partial charge < -0.3 is 5.11 Å². The fourth-order valence-corrected chi connectivity index (χ4v) is 1.14. The number of nitro groups is 1. The molecule has 0 aliphatic heterocycles. The van der Waals surface area contributed by atoms with E-state index in [1.807, 2.05) is 0 Å². The molecule has 0 spiro atoms. The van der Waals surface area contributed by atoms with E-state index in [9.17, 15) is 14.9 Å². The molecule has 0 aromatic heterocycles. The van der Waals surface area contributed by atoms with Crippen LogP contribution < -0.4 is 10.9 Å². The largest absolute Gasteiger partial charge is 0.396 e. The summed E-state index contributed by atoms with van der Waals surface area (Å²) < 4.78 is 0. The number of carbonyl (C=O) groups is 1.